The van der Waals surface area contributed by atoms with E-state index in [0.717, 1.165) is 31.7 Å². The van der Waals surface area contributed by atoms with Crippen molar-refractivity contribution >= 4 is 5.91 Å². The number of benzene rings is 1. The van der Waals surface area contributed by atoms with Crippen molar-refractivity contribution < 1.29 is 9.53 Å². The van der Waals surface area contributed by atoms with Gasteiger partial charge in [0.2, 0.25) is 5.91 Å². The molecule has 1 heterocycles. The van der Waals surface area contributed by atoms with E-state index in [1.165, 1.54) is 0 Å². The maximum atomic E-state index is 12.5. The molecule has 0 saturated carbocycles. The highest BCUT2D eigenvalue weighted by atomic mass is 16.5. The molecule has 0 bridgehead atoms. The number of para-hydroxylation sites is 1. The number of hydrogen-bond donors (Lipinski definition) is 1. The molecule has 1 aliphatic rings. The smallest absolute Gasteiger partial charge is 0.229 e. The van der Waals surface area contributed by atoms with Crippen LogP contribution in [0.3, 0.4) is 0 Å². The molecule has 1 aromatic carbocycles. The van der Waals surface area contributed by atoms with Gasteiger partial charge in [0.25, 0.3) is 0 Å². The number of rotatable bonds is 5. The van der Waals surface area contributed by atoms with E-state index in [1.807, 2.05) is 37.4 Å². The van der Waals surface area contributed by atoms with Gasteiger partial charge >= 0.3 is 0 Å². The van der Waals surface area contributed by atoms with Crippen LogP contribution in [0.1, 0.15) is 19.8 Å². The zero-order valence-corrected chi connectivity index (χ0v) is 12.4. The molecule has 0 aliphatic carbocycles. The molecule has 1 N–H and O–H groups in total. The van der Waals surface area contributed by atoms with Gasteiger partial charge in [-0.1, -0.05) is 18.2 Å². The Kier molecular flexibility index (Phi) is 5.01. The second-order valence-electron chi connectivity index (χ2n) is 5.73. The van der Waals surface area contributed by atoms with E-state index >= 15 is 0 Å². The Balaban J connectivity index is 1.79. The van der Waals surface area contributed by atoms with Crippen LogP contribution in [0.4, 0.5) is 0 Å². The van der Waals surface area contributed by atoms with Crippen LogP contribution in [-0.2, 0) is 4.79 Å². The molecule has 1 saturated heterocycles. The lowest BCUT2D eigenvalue weighted by Gasteiger charge is -2.36. The van der Waals surface area contributed by atoms with Crippen molar-refractivity contribution in [2.24, 2.45) is 5.41 Å². The van der Waals surface area contributed by atoms with E-state index in [-0.39, 0.29) is 11.3 Å². The lowest BCUT2D eigenvalue weighted by atomic mass is 9.81. The van der Waals surface area contributed by atoms with E-state index in [9.17, 15) is 4.79 Å². The van der Waals surface area contributed by atoms with Gasteiger partial charge in [0.05, 0.1) is 12.0 Å². The summed E-state index contributed by atoms with van der Waals surface area (Å²) in [5, 5.41) is 3.31. The monoisotopic (exact) mass is 276 g/mol. The van der Waals surface area contributed by atoms with Gasteiger partial charge in [-0.2, -0.15) is 0 Å². The minimum atomic E-state index is -0.264. The quantitative estimate of drug-likeness (QED) is 0.893. The molecular weight excluding hydrogens is 252 g/mol. The highest BCUT2D eigenvalue weighted by Gasteiger charge is 2.36. The van der Waals surface area contributed by atoms with Crippen LogP contribution in [0.5, 0.6) is 5.75 Å². The van der Waals surface area contributed by atoms with Crippen LogP contribution < -0.4 is 10.1 Å². The summed E-state index contributed by atoms with van der Waals surface area (Å²) >= 11 is 0. The van der Waals surface area contributed by atoms with Crippen molar-refractivity contribution in [2.75, 3.05) is 33.3 Å². The normalized spacial score (nSPS) is 22.3. The lowest BCUT2D eigenvalue weighted by molar-refractivity contribution is -0.141. The maximum absolute atomic E-state index is 12.5. The van der Waals surface area contributed by atoms with E-state index in [1.54, 1.807) is 4.90 Å². The van der Waals surface area contributed by atoms with Gasteiger partial charge in [0.15, 0.2) is 0 Å². The Bertz CT molecular complexity index is 427. The van der Waals surface area contributed by atoms with E-state index in [0.29, 0.717) is 13.2 Å². The number of carbonyl (C=O) groups excluding carboxylic acids is 1. The summed E-state index contributed by atoms with van der Waals surface area (Å²) < 4.78 is 5.64. The first-order valence-electron chi connectivity index (χ1n) is 7.26. The molecule has 1 atom stereocenters. The van der Waals surface area contributed by atoms with Crippen LogP contribution in [-0.4, -0.2) is 44.1 Å². The van der Waals surface area contributed by atoms with Crippen molar-refractivity contribution in [3.8, 4) is 5.75 Å². The molecule has 0 aromatic heterocycles. The van der Waals surface area contributed by atoms with Crippen LogP contribution >= 0.6 is 0 Å². The standard InChI is InChI=1S/C16H24N2O2/c1-16(9-6-10-17-13-16)15(19)18(2)11-12-20-14-7-4-3-5-8-14/h3-5,7-8,17H,6,9-13H2,1-2H3. The molecule has 20 heavy (non-hydrogen) atoms. The number of likely N-dealkylation sites (N-methyl/N-ethyl adjacent to an activating group) is 1. The second-order valence-corrected chi connectivity index (χ2v) is 5.73. The second kappa shape index (κ2) is 6.75. The third-order valence-electron chi connectivity index (χ3n) is 3.90. The van der Waals surface area contributed by atoms with E-state index in [4.69, 9.17) is 4.74 Å². The van der Waals surface area contributed by atoms with Gasteiger partial charge in [0, 0.05) is 13.6 Å². The minimum absolute atomic E-state index is 0.210. The number of amides is 1. The molecule has 1 fully saturated rings. The van der Waals surface area contributed by atoms with Crippen LogP contribution in [0.15, 0.2) is 30.3 Å². The Morgan fingerprint density at radius 1 is 1.40 bits per heavy atom. The summed E-state index contributed by atoms with van der Waals surface area (Å²) in [4.78, 5) is 14.3. The predicted octanol–water partition coefficient (Wildman–Crippen LogP) is 1.91. The van der Waals surface area contributed by atoms with Crippen molar-refractivity contribution in [2.45, 2.75) is 19.8 Å². The van der Waals surface area contributed by atoms with E-state index in [2.05, 4.69) is 12.2 Å². The molecule has 110 valence electrons. The molecule has 1 amide bonds. The molecule has 1 aromatic rings. The SMILES string of the molecule is CN(CCOc1ccccc1)C(=O)C1(C)CCCNC1. The van der Waals surface area contributed by atoms with Crippen LogP contribution in [0.2, 0.25) is 0 Å². The topological polar surface area (TPSA) is 41.6 Å². The third kappa shape index (κ3) is 3.73. The Morgan fingerprint density at radius 2 is 2.15 bits per heavy atom. The lowest BCUT2D eigenvalue weighted by Crippen LogP contribution is -2.49. The fraction of sp³-hybridized carbons (Fsp3) is 0.562. The fourth-order valence-electron chi connectivity index (χ4n) is 2.62. The summed E-state index contributed by atoms with van der Waals surface area (Å²) in [6, 6.07) is 9.69. The Hall–Kier alpha value is -1.55. The van der Waals surface area contributed by atoms with Gasteiger partial charge < -0.3 is 15.0 Å². The van der Waals surface area contributed by atoms with Crippen molar-refractivity contribution in [1.29, 1.82) is 0 Å². The van der Waals surface area contributed by atoms with Crippen molar-refractivity contribution in [3.63, 3.8) is 0 Å². The number of piperidine rings is 1. The first kappa shape index (κ1) is 14.9. The Morgan fingerprint density at radius 3 is 2.80 bits per heavy atom. The number of nitrogens with one attached hydrogen (secondary N) is 1. The van der Waals surface area contributed by atoms with Gasteiger partial charge in [0.1, 0.15) is 12.4 Å². The molecule has 4 heteroatoms. The van der Waals surface area contributed by atoms with Crippen LogP contribution in [0.25, 0.3) is 0 Å². The highest BCUT2D eigenvalue weighted by Crippen LogP contribution is 2.27. The first-order chi connectivity index (χ1) is 9.62. The van der Waals surface area contributed by atoms with Gasteiger partial charge in [-0.3, -0.25) is 4.79 Å². The Labute approximate surface area is 121 Å². The largest absolute Gasteiger partial charge is 0.492 e. The number of ether oxygens (including phenoxy) is 1. The molecule has 4 nitrogen and oxygen atoms in total. The zero-order valence-electron chi connectivity index (χ0n) is 12.4. The summed E-state index contributed by atoms with van der Waals surface area (Å²) in [5.74, 6) is 1.06. The molecule has 1 aliphatic heterocycles. The summed E-state index contributed by atoms with van der Waals surface area (Å²) in [6.07, 6.45) is 2.03. The highest BCUT2D eigenvalue weighted by molar-refractivity contribution is 5.82. The van der Waals surface area contributed by atoms with Gasteiger partial charge in [-0.25, -0.2) is 0 Å². The molecular formula is C16H24N2O2. The number of carbonyl (C=O) groups is 1. The maximum Gasteiger partial charge on any atom is 0.229 e. The minimum Gasteiger partial charge on any atom is -0.492 e. The molecule has 1 unspecified atom stereocenters. The summed E-state index contributed by atoms with van der Waals surface area (Å²) in [6.45, 7) is 4.98. The molecule has 0 radical (unpaired) electrons. The average Bonchev–Trinajstić information content (AvgIpc) is 2.48. The van der Waals surface area contributed by atoms with Crippen molar-refractivity contribution in [3.05, 3.63) is 30.3 Å². The summed E-state index contributed by atoms with van der Waals surface area (Å²) in [5.41, 5.74) is -0.264. The van der Waals surface area contributed by atoms with Crippen molar-refractivity contribution in [1.82, 2.24) is 10.2 Å². The predicted molar refractivity (Wildman–Crippen MR) is 79.8 cm³/mol. The average molecular weight is 276 g/mol. The third-order valence-corrected chi connectivity index (χ3v) is 3.90. The zero-order chi connectivity index (χ0) is 14.4. The molecule has 0 spiro atoms. The fourth-order valence-corrected chi connectivity index (χ4v) is 2.62. The molecule has 2 rings (SSSR count). The van der Waals surface area contributed by atoms with Crippen LogP contribution in [0, 0.1) is 5.41 Å². The van der Waals surface area contributed by atoms with Gasteiger partial charge in [-0.15, -0.1) is 0 Å². The van der Waals surface area contributed by atoms with E-state index < -0.39 is 0 Å². The number of nitrogens with zero attached hydrogens (tertiary/aromatic N) is 1. The summed E-state index contributed by atoms with van der Waals surface area (Å²) in [7, 11) is 1.86. The van der Waals surface area contributed by atoms with Gasteiger partial charge in [-0.05, 0) is 38.4 Å². The number of hydrogen-bond acceptors (Lipinski definition) is 3. The first-order valence-corrected chi connectivity index (χ1v) is 7.26.